The summed E-state index contributed by atoms with van der Waals surface area (Å²) >= 11 is 12.1. The van der Waals surface area contributed by atoms with Crippen LogP contribution in [0.3, 0.4) is 0 Å². The van der Waals surface area contributed by atoms with E-state index in [2.05, 4.69) is 37.4 Å². The SMILES string of the molecule is Cc1ccc(C[C@@H]2CNCCN2C(=O)c2cc(Cl)cc(Cl)c2)cc1C.Cl. The van der Waals surface area contributed by atoms with E-state index in [1.54, 1.807) is 18.2 Å². The lowest BCUT2D eigenvalue weighted by molar-refractivity contribution is 0.0636. The third kappa shape index (κ3) is 4.92. The number of carbonyl (C=O) groups is 1. The number of hydrogen-bond acceptors (Lipinski definition) is 2. The van der Waals surface area contributed by atoms with Crippen molar-refractivity contribution in [2.45, 2.75) is 26.3 Å². The van der Waals surface area contributed by atoms with Crippen LogP contribution in [0.15, 0.2) is 36.4 Å². The summed E-state index contributed by atoms with van der Waals surface area (Å²) < 4.78 is 0. The third-order valence-electron chi connectivity index (χ3n) is 4.76. The van der Waals surface area contributed by atoms with Crippen molar-refractivity contribution in [3.05, 3.63) is 68.7 Å². The van der Waals surface area contributed by atoms with Gasteiger partial charge in [0.2, 0.25) is 0 Å². The van der Waals surface area contributed by atoms with Crippen molar-refractivity contribution in [3.63, 3.8) is 0 Å². The number of nitrogens with one attached hydrogen (secondary N) is 1. The molecular formula is C20H23Cl3N2O. The number of nitrogens with zero attached hydrogens (tertiary/aromatic N) is 1. The van der Waals surface area contributed by atoms with Crippen LogP contribution >= 0.6 is 35.6 Å². The van der Waals surface area contributed by atoms with Crippen LogP contribution in [0.1, 0.15) is 27.0 Å². The number of carbonyl (C=O) groups excluding carboxylic acids is 1. The molecule has 26 heavy (non-hydrogen) atoms. The first-order valence-corrected chi connectivity index (χ1v) is 9.23. The number of aryl methyl sites for hydroxylation is 2. The highest BCUT2D eigenvalue weighted by Crippen LogP contribution is 2.22. The number of piperazine rings is 1. The molecule has 0 aromatic heterocycles. The molecule has 3 nitrogen and oxygen atoms in total. The van der Waals surface area contributed by atoms with Gasteiger partial charge in [0.25, 0.3) is 5.91 Å². The Bertz CT molecular complexity index is 774. The summed E-state index contributed by atoms with van der Waals surface area (Å²) in [5, 5.41) is 4.36. The fourth-order valence-electron chi connectivity index (χ4n) is 3.26. The molecule has 1 aliphatic heterocycles. The Labute approximate surface area is 171 Å². The van der Waals surface area contributed by atoms with Crippen LogP contribution in [0.2, 0.25) is 10.0 Å². The fourth-order valence-corrected chi connectivity index (χ4v) is 3.78. The second-order valence-corrected chi connectivity index (χ2v) is 7.51. The molecule has 1 fully saturated rings. The predicted molar refractivity (Wildman–Crippen MR) is 111 cm³/mol. The molecule has 140 valence electrons. The van der Waals surface area contributed by atoms with Crippen molar-refractivity contribution in [1.82, 2.24) is 10.2 Å². The van der Waals surface area contributed by atoms with Crippen molar-refractivity contribution in [2.75, 3.05) is 19.6 Å². The molecule has 0 aliphatic carbocycles. The standard InChI is InChI=1S/C20H22Cl2N2O.ClH/c1-13-3-4-15(7-14(13)2)8-19-12-23-5-6-24(19)20(25)16-9-17(21)11-18(22)10-16;/h3-4,7,9-11,19,23H,5-6,8,12H2,1-2H3;1H/t19-;/m1./s1. The van der Waals surface area contributed by atoms with E-state index in [1.165, 1.54) is 16.7 Å². The highest BCUT2D eigenvalue weighted by molar-refractivity contribution is 6.35. The summed E-state index contributed by atoms with van der Waals surface area (Å²) in [7, 11) is 0. The smallest absolute Gasteiger partial charge is 0.254 e. The number of benzene rings is 2. The van der Waals surface area contributed by atoms with Crippen molar-refractivity contribution >= 4 is 41.5 Å². The van der Waals surface area contributed by atoms with E-state index in [-0.39, 0.29) is 24.4 Å². The molecule has 0 spiro atoms. The summed E-state index contributed by atoms with van der Waals surface area (Å²) in [6.45, 7) is 6.49. The lowest BCUT2D eigenvalue weighted by Gasteiger charge is -2.36. The van der Waals surface area contributed by atoms with Crippen molar-refractivity contribution in [2.24, 2.45) is 0 Å². The molecule has 6 heteroatoms. The van der Waals surface area contributed by atoms with Crippen molar-refractivity contribution in [3.8, 4) is 0 Å². The Hall–Kier alpha value is -1.26. The first-order valence-electron chi connectivity index (χ1n) is 8.48. The van der Waals surface area contributed by atoms with E-state index in [4.69, 9.17) is 23.2 Å². The zero-order valence-corrected chi connectivity index (χ0v) is 17.2. The third-order valence-corrected chi connectivity index (χ3v) is 5.20. The minimum Gasteiger partial charge on any atom is -0.333 e. The van der Waals surface area contributed by atoms with Crippen LogP contribution in [0.5, 0.6) is 0 Å². The van der Waals surface area contributed by atoms with Gasteiger partial charge in [0.15, 0.2) is 0 Å². The largest absolute Gasteiger partial charge is 0.333 e. The molecule has 3 rings (SSSR count). The quantitative estimate of drug-likeness (QED) is 0.792. The summed E-state index contributed by atoms with van der Waals surface area (Å²) in [6.07, 6.45) is 0.828. The first kappa shape index (κ1) is 21.0. The van der Waals surface area contributed by atoms with Gasteiger partial charge in [-0.25, -0.2) is 0 Å². The lowest BCUT2D eigenvalue weighted by atomic mass is 9.98. The van der Waals surface area contributed by atoms with Crippen LogP contribution in [-0.4, -0.2) is 36.5 Å². The van der Waals surface area contributed by atoms with Gasteiger partial charge < -0.3 is 10.2 Å². The molecule has 2 aromatic carbocycles. The van der Waals surface area contributed by atoms with Crippen molar-refractivity contribution < 1.29 is 4.79 Å². The second-order valence-electron chi connectivity index (χ2n) is 6.64. The monoisotopic (exact) mass is 412 g/mol. The van der Waals surface area contributed by atoms with Gasteiger partial charge in [0, 0.05) is 41.3 Å². The van der Waals surface area contributed by atoms with Gasteiger partial charge in [0.05, 0.1) is 0 Å². The van der Waals surface area contributed by atoms with E-state index in [9.17, 15) is 4.79 Å². The Morgan fingerprint density at radius 3 is 2.46 bits per heavy atom. The average molecular weight is 414 g/mol. The molecule has 1 saturated heterocycles. The Kier molecular flexibility index (Phi) is 7.36. The van der Waals surface area contributed by atoms with E-state index >= 15 is 0 Å². The highest BCUT2D eigenvalue weighted by atomic mass is 35.5. The van der Waals surface area contributed by atoms with Crippen LogP contribution in [0, 0.1) is 13.8 Å². The van der Waals surface area contributed by atoms with E-state index in [0.29, 0.717) is 22.2 Å². The molecule has 2 aromatic rings. The summed E-state index contributed by atoms with van der Waals surface area (Å²) in [5.41, 5.74) is 4.36. The predicted octanol–water partition coefficient (Wildman–Crippen LogP) is 4.69. The molecule has 0 unspecified atom stereocenters. The number of hydrogen-bond donors (Lipinski definition) is 1. The van der Waals surface area contributed by atoms with Gasteiger partial charge >= 0.3 is 0 Å². The maximum Gasteiger partial charge on any atom is 0.254 e. The molecule has 1 N–H and O–H groups in total. The lowest BCUT2D eigenvalue weighted by Crippen LogP contribution is -2.54. The molecule has 0 saturated carbocycles. The van der Waals surface area contributed by atoms with Crippen LogP contribution in [0.25, 0.3) is 0 Å². The Balaban J connectivity index is 0.00000243. The first-order chi connectivity index (χ1) is 11.9. The molecule has 1 aliphatic rings. The van der Waals surface area contributed by atoms with Gasteiger partial charge in [0.1, 0.15) is 0 Å². The second kappa shape index (κ2) is 9.09. The van der Waals surface area contributed by atoms with E-state index < -0.39 is 0 Å². The van der Waals surface area contributed by atoms with Gasteiger partial charge in [-0.15, -0.1) is 12.4 Å². The van der Waals surface area contributed by atoms with Crippen LogP contribution in [0.4, 0.5) is 0 Å². The van der Waals surface area contributed by atoms with Crippen molar-refractivity contribution in [1.29, 1.82) is 0 Å². The normalized spacial score (nSPS) is 16.9. The minimum atomic E-state index is -0.0141. The van der Waals surface area contributed by atoms with Gasteiger partial charge in [-0.05, 0) is 55.2 Å². The molecule has 1 heterocycles. The van der Waals surface area contributed by atoms with Gasteiger partial charge in [-0.3, -0.25) is 4.79 Å². The van der Waals surface area contributed by atoms with Crippen LogP contribution < -0.4 is 5.32 Å². The number of amides is 1. The van der Waals surface area contributed by atoms with E-state index in [0.717, 1.165) is 19.5 Å². The summed E-state index contributed by atoms with van der Waals surface area (Å²) in [4.78, 5) is 14.9. The maximum absolute atomic E-state index is 13.0. The van der Waals surface area contributed by atoms with Gasteiger partial charge in [-0.2, -0.15) is 0 Å². The molecule has 1 atom stereocenters. The minimum absolute atomic E-state index is 0. The van der Waals surface area contributed by atoms with Gasteiger partial charge in [-0.1, -0.05) is 41.4 Å². The molecule has 0 radical (unpaired) electrons. The Morgan fingerprint density at radius 1 is 1.12 bits per heavy atom. The topological polar surface area (TPSA) is 32.3 Å². The summed E-state index contributed by atoms with van der Waals surface area (Å²) in [5.74, 6) is -0.0141. The zero-order valence-electron chi connectivity index (χ0n) is 14.9. The molecular weight excluding hydrogens is 391 g/mol. The van der Waals surface area contributed by atoms with E-state index in [1.807, 2.05) is 4.90 Å². The Morgan fingerprint density at radius 2 is 1.81 bits per heavy atom. The number of rotatable bonds is 3. The zero-order chi connectivity index (χ0) is 18.0. The highest BCUT2D eigenvalue weighted by Gasteiger charge is 2.28. The van der Waals surface area contributed by atoms with Crippen LogP contribution in [-0.2, 0) is 6.42 Å². The maximum atomic E-state index is 13.0. The average Bonchev–Trinajstić information content (AvgIpc) is 2.57. The fraction of sp³-hybridized carbons (Fsp3) is 0.350. The number of halogens is 3. The molecule has 1 amide bonds. The molecule has 0 bridgehead atoms. The summed E-state index contributed by atoms with van der Waals surface area (Å²) in [6, 6.07) is 11.6.